The zero-order chi connectivity index (χ0) is 13.8. The van der Waals surface area contributed by atoms with Crippen LogP contribution in [-0.2, 0) is 5.75 Å². The molecule has 1 aromatic heterocycles. The van der Waals surface area contributed by atoms with Crippen molar-refractivity contribution in [2.45, 2.75) is 10.9 Å². The van der Waals surface area contributed by atoms with Crippen LogP contribution in [0.15, 0.2) is 40.4 Å². The van der Waals surface area contributed by atoms with Gasteiger partial charge in [-0.1, -0.05) is 17.8 Å². The average Bonchev–Trinajstić information content (AvgIpc) is 2.37. The van der Waals surface area contributed by atoms with Gasteiger partial charge >= 0.3 is 5.97 Å². The highest BCUT2D eigenvalue weighted by Gasteiger charge is 2.11. The topological polar surface area (TPSA) is 83.0 Å². The first-order valence-corrected chi connectivity index (χ1v) is 6.24. The van der Waals surface area contributed by atoms with Gasteiger partial charge in [0.1, 0.15) is 5.82 Å². The molecular formula is C12H9FN2O3S. The normalized spacial score (nSPS) is 10.4. The lowest BCUT2D eigenvalue weighted by Crippen LogP contribution is -2.05. The second-order valence-electron chi connectivity index (χ2n) is 3.65. The molecule has 1 aromatic carbocycles. The lowest BCUT2D eigenvalue weighted by Gasteiger charge is -2.03. The average molecular weight is 280 g/mol. The van der Waals surface area contributed by atoms with Crippen molar-refractivity contribution in [1.82, 2.24) is 9.97 Å². The standard InChI is InChI=1S/C12H9FN2O3S/c13-9-2-1-7(5-8(9)11(17)18)6-19-12-14-4-3-10(16)15-12/h1-5H,6H2,(H,17,18)(H,14,15,16). The van der Waals surface area contributed by atoms with E-state index in [9.17, 15) is 14.0 Å². The maximum absolute atomic E-state index is 13.2. The number of H-pyrrole nitrogens is 1. The van der Waals surface area contributed by atoms with Crippen LogP contribution in [0.25, 0.3) is 0 Å². The number of hydrogen-bond donors (Lipinski definition) is 2. The Morgan fingerprint density at radius 2 is 2.21 bits per heavy atom. The van der Waals surface area contributed by atoms with Gasteiger partial charge < -0.3 is 10.1 Å². The summed E-state index contributed by atoms with van der Waals surface area (Å²) in [6, 6.07) is 5.17. The van der Waals surface area contributed by atoms with Crippen molar-refractivity contribution in [3.8, 4) is 0 Å². The predicted molar refractivity (Wildman–Crippen MR) is 67.8 cm³/mol. The maximum Gasteiger partial charge on any atom is 0.338 e. The number of thioether (sulfide) groups is 1. The van der Waals surface area contributed by atoms with Gasteiger partial charge in [0.05, 0.1) is 5.56 Å². The fraction of sp³-hybridized carbons (Fsp3) is 0.0833. The summed E-state index contributed by atoms with van der Waals surface area (Å²) in [6.45, 7) is 0. The molecule has 1 heterocycles. The van der Waals surface area contributed by atoms with Gasteiger partial charge in [-0.25, -0.2) is 14.2 Å². The number of aromatic nitrogens is 2. The molecule has 0 aliphatic rings. The first-order chi connectivity index (χ1) is 9.06. The fourth-order valence-electron chi connectivity index (χ4n) is 1.40. The maximum atomic E-state index is 13.2. The van der Waals surface area contributed by atoms with Crippen LogP contribution in [0.5, 0.6) is 0 Å². The molecule has 0 bridgehead atoms. The monoisotopic (exact) mass is 280 g/mol. The SMILES string of the molecule is O=C(O)c1cc(CSc2nccc(=O)[nH]2)ccc1F. The summed E-state index contributed by atoms with van der Waals surface area (Å²) in [5, 5.41) is 9.23. The van der Waals surface area contributed by atoms with Crippen LogP contribution < -0.4 is 5.56 Å². The lowest BCUT2D eigenvalue weighted by atomic mass is 10.1. The predicted octanol–water partition coefficient (Wildman–Crippen LogP) is 1.90. The van der Waals surface area contributed by atoms with Crippen LogP contribution in [0.3, 0.4) is 0 Å². The minimum Gasteiger partial charge on any atom is -0.478 e. The van der Waals surface area contributed by atoms with Crippen LogP contribution in [0.2, 0.25) is 0 Å². The van der Waals surface area contributed by atoms with Crippen molar-refractivity contribution >= 4 is 17.7 Å². The summed E-state index contributed by atoms with van der Waals surface area (Å²) < 4.78 is 13.2. The molecule has 0 radical (unpaired) electrons. The molecule has 7 heteroatoms. The molecule has 0 saturated carbocycles. The summed E-state index contributed by atoms with van der Waals surface area (Å²) in [5.74, 6) is -1.70. The third kappa shape index (κ3) is 3.41. The zero-order valence-corrected chi connectivity index (χ0v) is 10.4. The number of benzene rings is 1. The van der Waals surface area contributed by atoms with Crippen molar-refractivity contribution < 1.29 is 14.3 Å². The van der Waals surface area contributed by atoms with Crippen LogP contribution in [0.4, 0.5) is 4.39 Å². The van der Waals surface area contributed by atoms with Gasteiger partial charge in [-0.2, -0.15) is 0 Å². The molecule has 2 aromatic rings. The molecule has 2 N–H and O–H groups in total. The van der Waals surface area contributed by atoms with Gasteiger partial charge in [0, 0.05) is 18.0 Å². The van der Waals surface area contributed by atoms with Gasteiger partial charge in [-0.15, -0.1) is 0 Å². The second-order valence-corrected chi connectivity index (χ2v) is 4.61. The van der Waals surface area contributed by atoms with E-state index in [0.29, 0.717) is 16.5 Å². The Hall–Kier alpha value is -2.15. The summed E-state index contributed by atoms with van der Waals surface area (Å²) in [4.78, 5) is 28.3. The van der Waals surface area contributed by atoms with E-state index < -0.39 is 11.8 Å². The number of aromatic carboxylic acids is 1. The Bertz CT molecular complexity index is 672. The molecule has 0 aliphatic carbocycles. The summed E-state index contributed by atoms with van der Waals surface area (Å²) in [5.41, 5.74) is 0.00532. The summed E-state index contributed by atoms with van der Waals surface area (Å²) in [6.07, 6.45) is 1.38. The van der Waals surface area contributed by atoms with Crippen LogP contribution in [0, 0.1) is 5.82 Å². The zero-order valence-electron chi connectivity index (χ0n) is 9.59. The molecular weight excluding hydrogens is 271 g/mol. The van der Waals surface area contributed by atoms with Gasteiger partial charge in [-0.05, 0) is 17.7 Å². The van der Waals surface area contributed by atoms with Crippen molar-refractivity contribution in [2.24, 2.45) is 0 Å². The number of hydrogen-bond acceptors (Lipinski definition) is 4. The quantitative estimate of drug-likeness (QED) is 0.660. The molecule has 0 aliphatic heterocycles. The van der Waals surface area contributed by atoms with Gasteiger partial charge in [0.2, 0.25) is 0 Å². The van der Waals surface area contributed by atoms with E-state index in [1.54, 1.807) is 0 Å². The third-order valence-corrected chi connectivity index (χ3v) is 3.24. The van der Waals surface area contributed by atoms with Gasteiger partial charge in [0.15, 0.2) is 5.16 Å². The number of carboxylic acid groups (broad SMARTS) is 1. The molecule has 19 heavy (non-hydrogen) atoms. The third-order valence-electron chi connectivity index (χ3n) is 2.28. The smallest absolute Gasteiger partial charge is 0.338 e. The highest BCUT2D eigenvalue weighted by atomic mass is 32.2. The summed E-state index contributed by atoms with van der Waals surface area (Å²) in [7, 11) is 0. The Morgan fingerprint density at radius 3 is 2.89 bits per heavy atom. The number of carboxylic acids is 1. The number of nitrogens with zero attached hydrogens (tertiary/aromatic N) is 1. The second kappa shape index (κ2) is 5.66. The fourth-order valence-corrected chi connectivity index (χ4v) is 2.19. The number of halogens is 1. The van der Waals surface area contributed by atoms with Gasteiger partial charge in [-0.3, -0.25) is 4.79 Å². The van der Waals surface area contributed by atoms with Crippen LogP contribution >= 0.6 is 11.8 Å². The molecule has 0 saturated heterocycles. The number of carbonyl (C=O) groups is 1. The van der Waals surface area contributed by atoms with Crippen LogP contribution in [0.1, 0.15) is 15.9 Å². The molecule has 5 nitrogen and oxygen atoms in total. The minimum atomic E-state index is -1.31. The Labute approximate surface area is 111 Å². The van der Waals surface area contributed by atoms with Crippen molar-refractivity contribution in [3.05, 3.63) is 57.8 Å². The molecule has 0 spiro atoms. The van der Waals surface area contributed by atoms with Crippen molar-refractivity contribution in [1.29, 1.82) is 0 Å². The molecule has 0 unspecified atom stereocenters. The molecule has 0 atom stereocenters. The van der Waals surface area contributed by atoms with E-state index >= 15 is 0 Å². The van der Waals surface area contributed by atoms with E-state index in [4.69, 9.17) is 5.11 Å². The van der Waals surface area contributed by atoms with Crippen molar-refractivity contribution in [2.75, 3.05) is 0 Å². The van der Waals surface area contributed by atoms with E-state index in [-0.39, 0.29) is 11.1 Å². The molecule has 0 fully saturated rings. The van der Waals surface area contributed by atoms with E-state index in [2.05, 4.69) is 9.97 Å². The molecule has 98 valence electrons. The highest BCUT2D eigenvalue weighted by molar-refractivity contribution is 7.98. The van der Waals surface area contributed by atoms with Crippen molar-refractivity contribution in [3.63, 3.8) is 0 Å². The Kier molecular flexibility index (Phi) is 3.96. The first-order valence-electron chi connectivity index (χ1n) is 5.26. The number of rotatable bonds is 4. The molecule has 0 amide bonds. The lowest BCUT2D eigenvalue weighted by molar-refractivity contribution is 0.0692. The van der Waals surface area contributed by atoms with Gasteiger partial charge in [0.25, 0.3) is 5.56 Å². The minimum absolute atomic E-state index is 0.261. The highest BCUT2D eigenvalue weighted by Crippen LogP contribution is 2.20. The van der Waals surface area contributed by atoms with E-state index in [1.807, 2.05) is 0 Å². The number of nitrogens with one attached hydrogen (secondary N) is 1. The first kappa shape index (κ1) is 13.3. The van der Waals surface area contributed by atoms with Crippen LogP contribution in [-0.4, -0.2) is 21.0 Å². The van der Waals surface area contributed by atoms with E-state index in [1.165, 1.54) is 36.2 Å². The summed E-state index contributed by atoms with van der Waals surface area (Å²) >= 11 is 1.23. The number of aromatic amines is 1. The van der Waals surface area contributed by atoms with E-state index in [0.717, 1.165) is 6.07 Å². The molecule has 2 rings (SSSR count). The Morgan fingerprint density at radius 1 is 1.42 bits per heavy atom. The largest absolute Gasteiger partial charge is 0.478 e. The Balaban J connectivity index is 2.14.